The Morgan fingerprint density at radius 1 is 1.39 bits per heavy atom. The van der Waals surface area contributed by atoms with E-state index >= 15 is 0 Å². The minimum Gasteiger partial charge on any atom is -0.302 e. The van der Waals surface area contributed by atoms with E-state index in [0.717, 1.165) is 18.4 Å². The van der Waals surface area contributed by atoms with Crippen molar-refractivity contribution in [1.82, 2.24) is 15.3 Å². The first kappa shape index (κ1) is 15.0. The molecule has 18 heavy (non-hydrogen) atoms. The zero-order valence-electron chi connectivity index (χ0n) is 11.6. The van der Waals surface area contributed by atoms with Crippen molar-refractivity contribution in [2.45, 2.75) is 38.3 Å². The van der Waals surface area contributed by atoms with E-state index in [9.17, 15) is 4.39 Å². The molecule has 0 amide bonds. The number of likely N-dealkylation sites (N-methyl/N-ethyl adjacent to an activating group) is 1. The topological polar surface area (TPSA) is 54.2 Å². The molecule has 0 spiro atoms. The fourth-order valence-corrected chi connectivity index (χ4v) is 2.70. The van der Waals surface area contributed by atoms with Crippen molar-refractivity contribution in [2.24, 2.45) is 5.84 Å². The molecule has 1 aromatic heterocycles. The summed E-state index contributed by atoms with van der Waals surface area (Å²) in [6.07, 6.45) is 4.67. The van der Waals surface area contributed by atoms with E-state index in [1.54, 1.807) is 6.20 Å². The van der Waals surface area contributed by atoms with Gasteiger partial charge in [0.25, 0.3) is 0 Å². The fraction of sp³-hybridized carbons (Fsp3) is 0.615. The summed E-state index contributed by atoms with van der Waals surface area (Å²) in [5, 5.41) is 0. The Labute approximate surface area is 108 Å². The van der Waals surface area contributed by atoms with Crippen molar-refractivity contribution in [2.75, 3.05) is 14.1 Å². The van der Waals surface area contributed by atoms with E-state index in [2.05, 4.69) is 29.2 Å². The van der Waals surface area contributed by atoms with Crippen LogP contribution >= 0.6 is 0 Å². The first-order valence-corrected chi connectivity index (χ1v) is 6.25. The van der Waals surface area contributed by atoms with Crippen LogP contribution < -0.4 is 11.3 Å². The predicted octanol–water partition coefficient (Wildman–Crippen LogP) is 1.85. The Kier molecular flexibility index (Phi) is 5.19. The molecule has 3 N–H and O–H groups in total. The molecule has 0 aliphatic carbocycles. The Hall–Kier alpha value is -1.04. The van der Waals surface area contributed by atoms with Gasteiger partial charge in [0, 0.05) is 11.7 Å². The molecule has 0 bridgehead atoms. The molecule has 0 aliphatic rings. The van der Waals surface area contributed by atoms with Gasteiger partial charge in [-0.1, -0.05) is 13.8 Å². The molecule has 1 aromatic rings. The van der Waals surface area contributed by atoms with Crippen LogP contribution in [-0.2, 0) is 0 Å². The normalized spacial score (nSPS) is 13.9. The standard InChI is InChI=1S/C13H23FN4/c1-5-13(6-2,18(3)4)12(17-15)10-7-11(14)9-16-8-10/h7-9,12,17H,5-6,15H2,1-4H3. The average molecular weight is 254 g/mol. The molecule has 1 unspecified atom stereocenters. The second-order valence-electron chi connectivity index (χ2n) is 4.74. The summed E-state index contributed by atoms with van der Waals surface area (Å²) in [5.41, 5.74) is 3.43. The second-order valence-corrected chi connectivity index (χ2v) is 4.74. The number of pyridine rings is 1. The number of halogens is 1. The summed E-state index contributed by atoms with van der Waals surface area (Å²) in [6, 6.07) is 1.33. The highest BCUT2D eigenvalue weighted by Gasteiger charge is 2.38. The van der Waals surface area contributed by atoms with E-state index in [1.165, 1.54) is 12.3 Å². The van der Waals surface area contributed by atoms with Crippen LogP contribution in [0.15, 0.2) is 18.5 Å². The molecule has 4 nitrogen and oxygen atoms in total. The SMILES string of the molecule is CCC(CC)(C(NN)c1cncc(F)c1)N(C)C. The van der Waals surface area contributed by atoms with Crippen molar-refractivity contribution in [1.29, 1.82) is 0 Å². The lowest BCUT2D eigenvalue weighted by atomic mass is 9.80. The van der Waals surface area contributed by atoms with Gasteiger partial charge in [0.2, 0.25) is 0 Å². The first-order valence-electron chi connectivity index (χ1n) is 6.25. The number of hydrazine groups is 1. The fourth-order valence-electron chi connectivity index (χ4n) is 2.70. The van der Waals surface area contributed by atoms with Gasteiger partial charge in [0.15, 0.2) is 0 Å². The maximum atomic E-state index is 13.3. The van der Waals surface area contributed by atoms with Gasteiger partial charge in [-0.15, -0.1) is 0 Å². The molecule has 102 valence electrons. The molecule has 1 heterocycles. The highest BCUT2D eigenvalue weighted by Crippen LogP contribution is 2.35. The van der Waals surface area contributed by atoms with E-state index in [-0.39, 0.29) is 17.4 Å². The zero-order chi connectivity index (χ0) is 13.8. The van der Waals surface area contributed by atoms with Gasteiger partial charge >= 0.3 is 0 Å². The van der Waals surface area contributed by atoms with E-state index in [1.807, 2.05) is 14.1 Å². The lowest BCUT2D eigenvalue weighted by Gasteiger charge is -2.44. The number of nitrogens with one attached hydrogen (secondary N) is 1. The molecule has 0 aromatic carbocycles. The number of nitrogens with zero attached hydrogens (tertiary/aromatic N) is 2. The van der Waals surface area contributed by atoms with Gasteiger partial charge < -0.3 is 4.90 Å². The van der Waals surface area contributed by atoms with Crippen LogP contribution in [0.3, 0.4) is 0 Å². The molecule has 0 saturated heterocycles. The maximum Gasteiger partial charge on any atom is 0.141 e. The minimum atomic E-state index is -0.340. The van der Waals surface area contributed by atoms with E-state index < -0.39 is 0 Å². The molecule has 0 saturated carbocycles. The molecule has 1 rings (SSSR count). The lowest BCUT2D eigenvalue weighted by molar-refractivity contribution is 0.0879. The number of hydrogen-bond acceptors (Lipinski definition) is 4. The van der Waals surface area contributed by atoms with Crippen LogP contribution in [0.5, 0.6) is 0 Å². The van der Waals surface area contributed by atoms with Crippen molar-refractivity contribution in [3.8, 4) is 0 Å². The van der Waals surface area contributed by atoms with E-state index in [0.29, 0.717) is 0 Å². The van der Waals surface area contributed by atoms with Crippen LogP contribution in [-0.4, -0.2) is 29.5 Å². The van der Waals surface area contributed by atoms with Crippen LogP contribution in [0, 0.1) is 5.82 Å². The highest BCUT2D eigenvalue weighted by atomic mass is 19.1. The monoisotopic (exact) mass is 254 g/mol. The number of aromatic nitrogens is 1. The quantitative estimate of drug-likeness (QED) is 0.601. The van der Waals surface area contributed by atoms with Crippen LogP contribution in [0.2, 0.25) is 0 Å². The van der Waals surface area contributed by atoms with Crippen LogP contribution in [0.25, 0.3) is 0 Å². The molecule has 5 heteroatoms. The molecular formula is C13H23FN4. The molecular weight excluding hydrogens is 231 g/mol. The molecule has 1 atom stereocenters. The van der Waals surface area contributed by atoms with Crippen LogP contribution in [0.4, 0.5) is 4.39 Å². The highest BCUT2D eigenvalue weighted by molar-refractivity contribution is 5.20. The molecule has 0 aliphatic heterocycles. The van der Waals surface area contributed by atoms with Gasteiger partial charge in [0.1, 0.15) is 5.82 Å². The van der Waals surface area contributed by atoms with Gasteiger partial charge in [-0.05, 0) is 38.6 Å². The van der Waals surface area contributed by atoms with Crippen LogP contribution in [0.1, 0.15) is 38.3 Å². The van der Waals surface area contributed by atoms with Gasteiger partial charge in [-0.3, -0.25) is 16.3 Å². The molecule has 0 radical (unpaired) electrons. The summed E-state index contributed by atoms with van der Waals surface area (Å²) in [4.78, 5) is 6.05. The van der Waals surface area contributed by atoms with Crippen molar-refractivity contribution < 1.29 is 4.39 Å². The Morgan fingerprint density at radius 2 is 2.00 bits per heavy atom. The van der Waals surface area contributed by atoms with E-state index in [4.69, 9.17) is 5.84 Å². The second kappa shape index (κ2) is 6.22. The number of rotatable bonds is 6. The number of hydrogen-bond donors (Lipinski definition) is 2. The third-order valence-corrected chi connectivity index (χ3v) is 3.88. The Morgan fingerprint density at radius 3 is 2.39 bits per heavy atom. The Balaban J connectivity index is 3.22. The predicted molar refractivity (Wildman–Crippen MR) is 71.3 cm³/mol. The third kappa shape index (κ3) is 2.68. The van der Waals surface area contributed by atoms with Gasteiger partial charge in [0.05, 0.1) is 12.2 Å². The maximum absolute atomic E-state index is 13.3. The lowest BCUT2D eigenvalue weighted by Crippen LogP contribution is -2.54. The summed E-state index contributed by atoms with van der Waals surface area (Å²) in [7, 11) is 4.04. The van der Waals surface area contributed by atoms with Gasteiger partial charge in [-0.25, -0.2) is 4.39 Å². The smallest absolute Gasteiger partial charge is 0.141 e. The summed E-state index contributed by atoms with van der Waals surface area (Å²) >= 11 is 0. The average Bonchev–Trinajstić information content (AvgIpc) is 2.35. The summed E-state index contributed by atoms with van der Waals surface area (Å²) in [6.45, 7) is 4.22. The third-order valence-electron chi connectivity index (χ3n) is 3.88. The molecule has 0 fully saturated rings. The largest absolute Gasteiger partial charge is 0.302 e. The van der Waals surface area contributed by atoms with Crippen molar-refractivity contribution >= 4 is 0 Å². The van der Waals surface area contributed by atoms with Crippen molar-refractivity contribution in [3.63, 3.8) is 0 Å². The Bertz CT molecular complexity index is 377. The zero-order valence-corrected chi connectivity index (χ0v) is 11.6. The summed E-state index contributed by atoms with van der Waals surface area (Å²) in [5.74, 6) is 5.36. The summed E-state index contributed by atoms with van der Waals surface area (Å²) < 4.78 is 13.3. The number of nitrogens with two attached hydrogens (primary N) is 1. The first-order chi connectivity index (χ1) is 8.51. The minimum absolute atomic E-state index is 0.161. The van der Waals surface area contributed by atoms with Crippen molar-refractivity contribution in [3.05, 3.63) is 29.8 Å². The van der Waals surface area contributed by atoms with Gasteiger partial charge in [-0.2, -0.15) is 0 Å².